The van der Waals surface area contributed by atoms with Crippen LogP contribution in [-0.2, 0) is 5.41 Å². The topological polar surface area (TPSA) is 3.24 Å². The van der Waals surface area contributed by atoms with Crippen LogP contribution in [0.4, 0.5) is 17.1 Å². The zero-order valence-electron chi connectivity index (χ0n) is 33.3. The lowest BCUT2D eigenvalue weighted by Gasteiger charge is -2.45. The lowest BCUT2D eigenvalue weighted by atomic mass is 9.64. The van der Waals surface area contributed by atoms with E-state index in [4.69, 9.17) is 0 Å². The molecule has 2 spiro atoms. The quantitative estimate of drug-likeness (QED) is 0.158. The summed E-state index contributed by atoms with van der Waals surface area (Å²) in [5.41, 5.74) is 19.1. The van der Waals surface area contributed by atoms with E-state index in [1.165, 1.54) is 115 Å². The summed E-state index contributed by atoms with van der Waals surface area (Å²) in [7, 11) is -2.79. The first-order valence-electron chi connectivity index (χ1n) is 21.4. The standard InChI is InChI=1S/C59H37NSi/c1-2-16-38(17-3-1)41-30-32-47-45-22-8-14-28-55(45)61(57(47)36-41)56-29-15-9-23-46(56)48-33-31-42(37-58(48)61)60-53-27-13-12-26-51(53)59(52-34-39-18-4-5-19-40(39)35-54(52)60)49-24-10-6-20-43(49)44-21-7-11-25-50(44)59/h1-37H. The van der Waals surface area contributed by atoms with E-state index in [-0.39, 0.29) is 0 Å². The molecule has 1 unspecified atom stereocenters. The molecular weight excluding hydrogens is 751 g/mol. The van der Waals surface area contributed by atoms with Gasteiger partial charge in [0.15, 0.2) is 8.07 Å². The summed E-state index contributed by atoms with van der Waals surface area (Å²) in [6.07, 6.45) is 0. The van der Waals surface area contributed by atoms with Gasteiger partial charge in [-0.05, 0) is 129 Å². The van der Waals surface area contributed by atoms with Gasteiger partial charge in [0.25, 0.3) is 0 Å². The zero-order chi connectivity index (χ0) is 39.9. The van der Waals surface area contributed by atoms with Gasteiger partial charge in [-0.25, -0.2) is 0 Å². The SMILES string of the molecule is c1ccc(-c2ccc3c(c2)[Si]2(c4ccccc4-3)c3ccccc3-c3ccc(N4c5ccccc5C5(c6ccccc6-c6ccccc65)c5cc6ccccc6cc54)cc32)cc1. The number of hydrogen-bond acceptors (Lipinski definition) is 1. The van der Waals surface area contributed by atoms with Gasteiger partial charge < -0.3 is 4.90 Å². The molecule has 1 aliphatic carbocycles. The predicted octanol–water partition coefficient (Wildman–Crippen LogP) is 12.0. The van der Waals surface area contributed by atoms with Crippen LogP contribution in [0, 0.1) is 0 Å². The van der Waals surface area contributed by atoms with Crippen molar-refractivity contribution < 1.29 is 0 Å². The molecule has 0 saturated heterocycles. The second-order valence-corrected chi connectivity index (χ2v) is 20.8. The van der Waals surface area contributed by atoms with E-state index in [2.05, 4.69) is 229 Å². The minimum Gasteiger partial charge on any atom is -0.310 e. The Kier molecular flexibility index (Phi) is 6.58. The number of nitrogens with zero attached hydrogens (tertiary/aromatic N) is 1. The van der Waals surface area contributed by atoms with Crippen molar-refractivity contribution >= 4 is 56.7 Å². The molecule has 0 aromatic heterocycles. The second-order valence-electron chi connectivity index (χ2n) is 17.1. The van der Waals surface area contributed by atoms with E-state index in [1.54, 1.807) is 0 Å². The number of hydrogen-bond donors (Lipinski definition) is 0. The highest BCUT2D eigenvalue weighted by atomic mass is 28.3. The molecule has 2 heteroatoms. The van der Waals surface area contributed by atoms with Gasteiger partial charge in [-0.15, -0.1) is 0 Å². The zero-order valence-corrected chi connectivity index (χ0v) is 34.3. The molecule has 0 bridgehead atoms. The van der Waals surface area contributed by atoms with Crippen LogP contribution in [0.25, 0.3) is 55.3 Å². The van der Waals surface area contributed by atoms with Gasteiger partial charge in [0.05, 0.1) is 16.8 Å². The van der Waals surface area contributed by atoms with Gasteiger partial charge in [-0.3, -0.25) is 0 Å². The molecular formula is C59H37NSi. The minimum atomic E-state index is -2.79. The van der Waals surface area contributed by atoms with Crippen LogP contribution in [0.15, 0.2) is 224 Å². The van der Waals surface area contributed by atoms with E-state index >= 15 is 0 Å². The molecule has 3 aliphatic heterocycles. The fraction of sp³-hybridized carbons (Fsp3) is 0.0169. The molecule has 0 amide bonds. The van der Waals surface area contributed by atoms with Gasteiger partial charge in [0.2, 0.25) is 0 Å². The van der Waals surface area contributed by atoms with E-state index in [0.717, 1.165) is 0 Å². The summed E-state index contributed by atoms with van der Waals surface area (Å²) in [4.78, 5) is 2.60. The number of anilines is 3. The third-order valence-corrected chi connectivity index (χ3v) is 19.4. The van der Waals surface area contributed by atoms with Crippen molar-refractivity contribution in [1.82, 2.24) is 0 Å². The Hall–Kier alpha value is -7.52. The summed E-state index contributed by atoms with van der Waals surface area (Å²) < 4.78 is 0. The third-order valence-electron chi connectivity index (χ3n) is 14.4. The number of rotatable bonds is 2. The molecule has 0 N–H and O–H groups in total. The molecule has 1 atom stereocenters. The Bertz CT molecular complexity index is 3450. The molecule has 4 aliphatic rings. The Balaban J connectivity index is 1.08. The van der Waals surface area contributed by atoms with Crippen LogP contribution in [0.5, 0.6) is 0 Å². The minimum absolute atomic E-state index is 0.486. The number of benzene rings is 10. The first-order chi connectivity index (χ1) is 30.3. The third kappa shape index (κ3) is 4.10. The van der Waals surface area contributed by atoms with Crippen LogP contribution >= 0.6 is 0 Å². The van der Waals surface area contributed by atoms with Gasteiger partial charge in [-0.2, -0.15) is 0 Å². The highest BCUT2D eigenvalue weighted by Crippen LogP contribution is 2.63. The summed E-state index contributed by atoms with van der Waals surface area (Å²) >= 11 is 0. The van der Waals surface area contributed by atoms with Crippen LogP contribution in [0.1, 0.15) is 22.3 Å². The Labute approximate surface area is 356 Å². The van der Waals surface area contributed by atoms with Gasteiger partial charge in [0.1, 0.15) is 0 Å². The first kappa shape index (κ1) is 33.3. The van der Waals surface area contributed by atoms with Crippen molar-refractivity contribution in [2.24, 2.45) is 0 Å². The van der Waals surface area contributed by atoms with Crippen molar-refractivity contribution in [3.05, 3.63) is 247 Å². The fourth-order valence-electron chi connectivity index (χ4n) is 12.1. The van der Waals surface area contributed by atoms with Crippen molar-refractivity contribution in [2.45, 2.75) is 5.41 Å². The van der Waals surface area contributed by atoms with Crippen LogP contribution in [0.3, 0.4) is 0 Å². The molecule has 10 aromatic rings. The first-order valence-corrected chi connectivity index (χ1v) is 23.4. The maximum Gasteiger partial charge on any atom is 0.182 e. The van der Waals surface area contributed by atoms with Crippen LogP contribution in [0.2, 0.25) is 0 Å². The Morgan fingerprint density at radius 2 is 0.803 bits per heavy atom. The largest absolute Gasteiger partial charge is 0.310 e. The molecule has 61 heavy (non-hydrogen) atoms. The van der Waals surface area contributed by atoms with E-state index < -0.39 is 13.5 Å². The highest BCUT2D eigenvalue weighted by molar-refractivity contribution is 7.24. The van der Waals surface area contributed by atoms with Crippen molar-refractivity contribution in [1.29, 1.82) is 0 Å². The van der Waals surface area contributed by atoms with Gasteiger partial charge >= 0.3 is 0 Å². The molecule has 282 valence electrons. The predicted molar refractivity (Wildman–Crippen MR) is 257 cm³/mol. The summed E-state index contributed by atoms with van der Waals surface area (Å²) in [6.45, 7) is 0. The normalized spacial score (nSPS) is 16.4. The molecule has 0 radical (unpaired) electrons. The molecule has 1 nitrogen and oxygen atoms in total. The van der Waals surface area contributed by atoms with Crippen LogP contribution in [-0.4, -0.2) is 8.07 Å². The van der Waals surface area contributed by atoms with Crippen molar-refractivity contribution in [2.75, 3.05) is 4.90 Å². The summed E-state index contributed by atoms with van der Waals surface area (Å²) in [6, 6.07) is 85.6. The van der Waals surface area contributed by atoms with E-state index in [9.17, 15) is 0 Å². The lowest BCUT2D eigenvalue weighted by Crippen LogP contribution is -2.70. The van der Waals surface area contributed by atoms with Crippen molar-refractivity contribution in [3.63, 3.8) is 0 Å². The maximum atomic E-state index is 2.60. The average molecular weight is 788 g/mol. The van der Waals surface area contributed by atoms with Crippen LogP contribution < -0.4 is 25.6 Å². The smallest absolute Gasteiger partial charge is 0.182 e. The maximum absolute atomic E-state index is 2.79. The number of fused-ring (bicyclic) bond motifs is 20. The second kappa shape index (κ2) is 12.0. The van der Waals surface area contributed by atoms with E-state index in [0.29, 0.717) is 0 Å². The summed E-state index contributed by atoms with van der Waals surface area (Å²) in [5.74, 6) is 0. The van der Waals surface area contributed by atoms with Crippen molar-refractivity contribution in [3.8, 4) is 44.5 Å². The molecule has 10 aromatic carbocycles. The fourth-order valence-corrected chi connectivity index (χ4v) is 17.8. The highest BCUT2D eigenvalue weighted by Gasteiger charge is 2.55. The molecule has 0 saturated carbocycles. The lowest BCUT2D eigenvalue weighted by molar-refractivity contribution is 0.754. The van der Waals surface area contributed by atoms with Gasteiger partial charge in [-0.1, -0.05) is 194 Å². The molecule has 14 rings (SSSR count). The summed E-state index contributed by atoms with van der Waals surface area (Å²) in [5, 5.41) is 8.43. The average Bonchev–Trinajstić information content (AvgIpc) is 3.91. The Morgan fingerprint density at radius 3 is 1.49 bits per heavy atom. The molecule has 0 fully saturated rings. The van der Waals surface area contributed by atoms with Gasteiger partial charge in [0, 0.05) is 5.69 Å². The molecule has 3 heterocycles. The number of para-hydroxylation sites is 1. The monoisotopic (exact) mass is 787 g/mol. The van der Waals surface area contributed by atoms with E-state index in [1.807, 2.05) is 0 Å². The Morgan fingerprint density at radius 1 is 0.295 bits per heavy atom.